The third-order valence-corrected chi connectivity index (χ3v) is 3.55. The number of carbonyl (C=O) groups excluding carboxylic acids is 1. The number of carbonyl (C=O) groups is 1. The molecule has 1 aliphatic rings. The van der Waals surface area contributed by atoms with Crippen molar-refractivity contribution in [3.63, 3.8) is 0 Å². The maximum atomic E-state index is 11.4. The highest BCUT2D eigenvalue weighted by Gasteiger charge is 2.31. The SMILES string of the molecule is CCCCCCCCN1CCC[C@H]1C(=O)ON. The van der Waals surface area contributed by atoms with Crippen molar-refractivity contribution in [2.75, 3.05) is 13.1 Å². The highest BCUT2D eigenvalue weighted by molar-refractivity contribution is 5.75. The van der Waals surface area contributed by atoms with Crippen LogP contribution in [0.2, 0.25) is 0 Å². The minimum absolute atomic E-state index is 0.0874. The lowest BCUT2D eigenvalue weighted by molar-refractivity contribution is -0.149. The van der Waals surface area contributed by atoms with E-state index in [-0.39, 0.29) is 12.0 Å². The van der Waals surface area contributed by atoms with Gasteiger partial charge in [0.25, 0.3) is 0 Å². The van der Waals surface area contributed by atoms with Crippen LogP contribution in [0.1, 0.15) is 58.3 Å². The van der Waals surface area contributed by atoms with Crippen molar-refractivity contribution >= 4 is 5.97 Å². The molecule has 1 aliphatic heterocycles. The number of rotatable bonds is 8. The summed E-state index contributed by atoms with van der Waals surface area (Å²) in [6, 6.07) is -0.0874. The lowest BCUT2D eigenvalue weighted by Crippen LogP contribution is -2.38. The molecule has 0 aliphatic carbocycles. The molecular weight excluding hydrogens is 216 g/mol. The number of hydrogen-bond donors (Lipinski definition) is 1. The van der Waals surface area contributed by atoms with Crippen LogP contribution < -0.4 is 5.90 Å². The first-order chi connectivity index (χ1) is 8.29. The Balaban J connectivity index is 2.11. The summed E-state index contributed by atoms with van der Waals surface area (Å²) in [6.45, 7) is 4.24. The fraction of sp³-hybridized carbons (Fsp3) is 0.923. The van der Waals surface area contributed by atoms with Crippen LogP contribution in [-0.2, 0) is 9.63 Å². The van der Waals surface area contributed by atoms with Crippen LogP contribution in [-0.4, -0.2) is 30.0 Å². The van der Waals surface area contributed by atoms with Gasteiger partial charge in [-0.3, -0.25) is 4.90 Å². The number of nitrogens with zero attached hydrogens (tertiary/aromatic N) is 1. The van der Waals surface area contributed by atoms with Gasteiger partial charge in [0.15, 0.2) is 0 Å². The predicted molar refractivity (Wildman–Crippen MR) is 68.3 cm³/mol. The molecule has 0 radical (unpaired) electrons. The van der Waals surface area contributed by atoms with E-state index in [9.17, 15) is 4.79 Å². The van der Waals surface area contributed by atoms with Crippen LogP contribution in [0.3, 0.4) is 0 Å². The molecule has 0 amide bonds. The topological polar surface area (TPSA) is 55.6 Å². The monoisotopic (exact) mass is 242 g/mol. The Kier molecular flexibility index (Phi) is 7.21. The van der Waals surface area contributed by atoms with Gasteiger partial charge >= 0.3 is 5.97 Å². The van der Waals surface area contributed by atoms with Gasteiger partial charge in [-0.2, -0.15) is 5.90 Å². The fourth-order valence-electron chi connectivity index (χ4n) is 2.53. The molecule has 0 aromatic rings. The average molecular weight is 242 g/mol. The molecule has 17 heavy (non-hydrogen) atoms. The van der Waals surface area contributed by atoms with Gasteiger partial charge in [-0.1, -0.05) is 39.0 Å². The summed E-state index contributed by atoms with van der Waals surface area (Å²) in [5.41, 5.74) is 0. The number of likely N-dealkylation sites (tertiary alicyclic amines) is 1. The highest BCUT2D eigenvalue weighted by Crippen LogP contribution is 2.19. The molecule has 0 saturated carbocycles. The van der Waals surface area contributed by atoms with Crippen molar-refractivity contribution in [2.24, 2.45) is 5.90 Å². The van der Waals surface area contributed by atoms with E-state index < -0.39 is 0 Å². The lowest BCUT2D eigenvalue weighted by atomic mass is 10.1. The minimum atomic E-state index is -0.270. The molecule has 0 unspecified atom stereocenters. The number of hydrogen-bond acceptors (Lipinski definition) is 4. The van der Waals surface area contributed by atoms with E-state index in [1.54, 1.807) is 0 Å². The quantitative estimate of drug-likeness (QED) is 0.524. The van der Waals surface area contributed by atoms with Crippen LogP contribution in [0, 0.1) is 0 Å². The zero-order valence-corrected chi connectivity index (χ0v) is 11.0. The summed E-state index contributed by atoms with van der Waals surface area (Å²) in [7, 11) is 0. The van der Waals surface area contributed by atoms with E-state index in [1.807, 2.05) is 0 Å². The van der Waals surface area contributed by atoms with Crippen molar-refractivity contribution < 1.29 is 9.63 Å². The van der Waals surface area contributed by atoms with Gasteiger partial charge in [0.05, 0.1) is 0 Å². The molecule has 1 atom stereocenters. The maximum Gasteiger partial charge on any atom is 0.341 e. The first kappa shape index (κ1) is 14.5. The molecule has 0 bridgehead atoms. The molecule has 4 nitrogen and oxygen atoms in total. The Morgan fingerprint density at radius 3 is 2.71 bits per heavy atom. The summed E-state index contributed by atoms with van der Waals surface area (Å²) in [5.74, 6) is 4.68. The van der Waals surface area contributed by atoms with E-state index >= 15 is 0 Å². The highest BCUT2D eigenvalue weighted by atomic mass is 16.7. The van der Waals surface area contributed by atoms with Gasteiger partial charge in [-0.05, 0) is 32.4 Å². The second kappa shape index (κ2) is 8.48. The van der Waals surface area contributed by atoms with Gasteiger partial charge in [-0.25, -0.2) is 4.79 Å². The molecular formula is C13H26N2O2. The zero-order chi connectivity index (χ0) is 12.5. The molecule has 1 saturated heterocycles. The van der Waals surface area contributed by atoms with Crippen LogP contribution in [0.5, 0.6) is 0 Å². The van der Waals surface area contributed by atoms with Crippen molar-refractivity contribution in [3.8, 4) is 0 Å². The zero-order valence-electron chi connectivity index (χ0n) is 11.0. The molecule has 0 aromatic heterocycles. The van der Waals surface area contributed by atoms with Crippen LogP contribution in [0.15, 0.2) is 0 Å². The molecule has 0 aromatic carbocycles. The van der Waals surface area contributed by atoms with Crippen molar-refractivity contribution in [2.45, 2.75) is 64.3 Å². The fourth-order valence-corrected chi connectivity index (χ4v) is 2.53. The first-order valence-corrected chi connectivity index (χ1v) is 6.94. The third-order valence-electron chi connectivity index (χ3n) is 3.55. The molecule has 1 heterocycles. The van der Waals surface area contributed by atoms with Gasteiger partial charge in [-0.15, -0.1) is 0 Å². The summed E-state index contributed by atoms with van der Waals surface area (Å²) >= 11 is 0. The van der Waals surface area contributed by atoms with Crippen LogP contribution in [0.4, 0.5) is 0 Å². The molecule has 2 N–H and O–H groups in total. The summed E-state index contributed by atoms with van der Waals surface area (Å²) in [4.78, 5) is 18.0. The van der Waals surface area contributed by atoms with Crippen molar-refractivity contribution in [1.29, 1.82) is 0 Å². The van der Waals surface area contributed by atoms with Gasteiger partial charge in [0.1, 0.15) is 6.04 Å². The van der Waals surface area contributed by atoms with E-state index in [0.717, 1.165) is 25.9 Å². The smallest absolute Gasteiger partial charge is 0.341 e. The van der Waals surface area contributed by atoms with Crippen molar-refractivity contribution in [1.82, 2.24) is 4.90 Å². The normalized spacial score (nSPS) is 20.7. The summed E-state index contributed by atoms with van der Waals surface area (Å²) in [6.07, 6.45) is 9.70. The minimum Gasteiger partial charge on any atom is -0.372 e. The molecule has 1 rings (SSSR count). The first-order valence-electron chi connectivity index (χ1n) is 6.94. The van der Waals surface area contributed by atoms with E-state index in [2.05, 4.69) is 16.7 Å². The van der Waals surface area contributed by atoms with Crippen LogP contribution in [0.25, 0.3) is 0 Å². The second-order valence-corrected chi connectivity index (χ2v) is 4.90. The van der Waals surface area contributed by atoms with Crippen LogP contribution >= 0.6 is 0 Å². The Morgan fingerprint density at radius 1 is 1.29 bits per heavy atom. The largest absolute Gasteiger partial charge is 0.372 e. The Morgan fingerprint density at radius 2 is 2.00 bits per heavy atom. The van der Waals surface area contributed by atoms with Gasteiger partial charge in [0, 0.05) is 0 Å². The molecule has 4 heteroatoms. The molecule has 1 fully saturated rings. The predicted octanol–water partition coefficient (Wildman–Crippen LogP) is 2.23. The van der Waals surface area contributed by atoms with Gasteiger partial charge < -0.3 is 4.84 Å². The standard InChI is InChI=1S/C13H26N2O2/c1-2-3-4-5-6-7-10-15-11-8-9-12(15)13(16)17-14/h12H,2-11,14H2,1H3/t12-/m0/s1. The lowest BCUT2D eigenvalue weighted by Gasteiger charge is -2.21. The van der Waals surface area contributed by atoms with E-state index in [0.29, 0.717) is 0 Å². The molecule has 100 valence electrons. The number of nitrogens with two attached hydrogens (primary N) is 1. The van der Waals surface area contributed by atoms with E-state index in [4.69, 9.17) is 5.90 Å². The number of unbranched alkanes of at least 4 members (excludes halogenated alkanes) is 5. The van der Waals surface area contributed by atoms with Gasteiger partial charge in [0.2, 0.25) is 0 Å². The maximum absolute atomic E-state index is 11.4. The second-order valence-electron chi connectivity index (χ2n) is 4.90. The van der Waals surface area contributed by atoms with Crippen molar-refractivity contribution in [3.05, 3.63) is 0 Å². The third kappa shape index (κ3) is 5.04. The Labute approximate surface area is 104 Å². The Bertz CT molecular complexity index is 221. The van der Waals surface area contributed by atoms with E-state index in [1.165, 1.54) is 38.5 Å². The summed E-state index contributed by atoms with van der Waals surface area (Å²) in [5, 5.41) is 0. The summed E-state index contributed by atoms with van der Waals surface area (Å²) < 4.78 is 0. The average Bonchev–Trinajstić information content (AvgIpc) is 2.81. The Hall–Kier alpha value is -0.610. The molecule has 0 spiro atoms.